The number of para-hydroxylation sites is 2. The number of Topliss-reactive ketones (excluding diaryl/α,β-unsaturated/α-hetero) is 1. The lowest BCUT2D eigenvalue weighted by Gasteiger charge is -2.27. The second-order valence-corrected chi connectivity index (χ2v) is 9.76. The summed E-state index contributed by atoms with van der Waals surface area (Å²) in [4.78, 5) is 35.4. The number of carbonyl (C=O) groups is 2. The Bertz CT molecular complexity index is 1600. The maximum Gasteiger partial charge on any atom is 0.302 e. The molecule has 8 nitrogen and oxygen atoms in total. The lowest BCUT2D eigenvalue weighted by Crippen LogP contribution is -2.37. The predicted molar refractivity (Wildman–Crippen MR) is 147 cm³/mol. The maximum absolute atomic E-state index is 13.6. The second kappa shape index (κ2) is 9.79. The fraction of sp³-hybridized carbons (Fsp3) is 0.172. The Labute approximate surface area is 223 Å². The first-order valence-corrected chi connectivity index (χ1v) is 12.7. The molecule has 0 radical (unpaired) electrons. The number of amides is 1. The van der Waals surface area contributed by atoms with Crippen molar-refractivity contribution < 1.29 is 14.0 Å². The van der Waals surface area contributed by atoms with Crippen LogP contribution in [-0.4, -0.2) is 22.6 Å². The Morgan fingerprint density at radius 2 is 1.82 bits per heavy atom. The summed E-state index contributed by atoms with van der Waals surface area (Å²) < 4.78 is 5.78. The van der Waals surface area contributed by atoms with E-state index in [1.54, 1.807) is 37.3 Å². The molecule has 0 bridgehead atoms. The molecule has 2 heterocycles. The highest BCUT2D eigenvalue weighted by molar-refractivity contribution is 6.31. The van der Waals surface area contributed by atoms with Gasteiger partial charge in [0.15, 0.2) is 11.4 Å². The van der Waals surface area contributed by atoms with Crippen LogP contribution in [0.4, 0.5) is 11.7 Å². The number of fused-ring (bicyclic) bond motifs is 1. The number of oxazole rings is 1. The number of halogens is 1. The van der Waals surface area contributed by atoms with E-state index in [4.69, 9.17) is 21.0 Å². The van der Waals surface area contributed by atoms with E-state index in [9.17, 15) is 9.59 Å². The van der Waals surface area contributed by atoms with Crippen molar-refractivity contribution in [3.63, 3.8) is 0 Å². The molecule has 6 rings (SSSR count). The third-order valence-electron chi connectivity index (χ3n) is 6.56. The number of anilines is 2. The molecule has 1 amide bonds. The highest BCUT2D eigenvalue weighted by Gasteiger charge is 2.32. The summed E-state index contributed by atoms with van der Waals surface area (Å²) in [6, 6.07) is 21.3. The molecule has 0 spiro atoms. The van der Waals surface area contributed by atoms with Gasteiger partial charge in [-0.3, -0.25) is 14.9 Å². The number of rotatable bonds is 6. The highest BCUT2D eigenvalue weighted by atomic mass is 35.5. The van der Waals surface area contributed by atoms with Crippen LogP contribution < -0.4 is 16.0 Å². The van der Waals surface area contributed by atoms with Crippen molar-refractivity contribution in [3.05, 3.63) is 100 Å². The number of hydrogen-bond acceptors (Lipinski definition) is 7. The summed E-state index contributed by atoms with van der Waals surface area (Å²) in [5.74, 6) is 0.233. The van der Waals surface area contributed by atoms with Gasteiger partial charge >= 0.3 is 6.01 Å². The van der Waals surface area contributed by atoms with Crippen molar-refractivity contribution in [2.45, 2.75) is 25.8 Å². The van der Waals surface area contributed by atoms with Crippen LogP contribution in [0.1, 0.15) is 41.7 Å². The van der Waals surface area contributed by atoms with E-state index in [0.29, 0.717) is 50.2 Å². The van der Waals surface area contributed by atoms with Gasteiger partial charge in [-0.15, -0.1) is 0 Å². The molecule has 4 aromatic rings. The zero-order valence-corrected chi connectivity index (χ0v) is 21.3. The van der Waals surface area contributed by atoms with Gasteiger partial charge in [-0.2, -0.15) is 4.98 Å². The molecule has 1 aliphatic carbocycles. The average Bonchev–Trinajstić information content (AvgIpc) is 3.68. The van der Waals surface area contributed by atoms with Gasteiger partial charge < -0.3 is 15.1 Å². The van der Waals surface area contributed by atoms with Crippen molar-refractivity contribution in [1.29, 1.82) is 0 Å². The van der Waals surface area contributed by atoms with Gasteiger partial charge in [-0.25, -0.2) is 4.99 Å². The van der Waals surface area contributed by atoms with E-state index in [1.807, 2.05) is 42.5 Å². The van der Waals surface area contributed by atoms with E-state index in [-0.39, 0.29) is 23.6 Å². The SMILES string of the molecule is CC1=C(C(=O)Nc2cccc(C(=O)C3CC3)c2)C(c2ccccc2Cl)N=C(Nc2nc3ccccc3o2)N1. The van der Waals surface area contributed by atoms with Gasteiger partial charge in [0.05, 0.1) is 5.57 Å². The largest absolute Gasteiger partial charge is 0.423 e. The number of guanidine groups is 1. The molecule has 1 aromatic heterocycles. The number of benzene rings is 3. The van der Waals surface area contributed by atoms with Gasteiger partial charge in [0.2, 0.25) is 5.96 Å². The molecule has 0 saturated heterocycles. The van der Waals surface area contributed by atoms with Crippen LogP contribution >= 0.6 is 11.6 Å². The van der Waals surface area contributed by atoms with Gasteiger partial charge in [0.25, 0.3) is 5.91 Å². The lowest BCUT2D eigenvalue weighted by molar-refractivity contribution is -0.113. The van der Waals surface area contributed by atoms with E-state index in [0.717, 1.165) is 12.8 Å². The zero-order valence-electron chi connectivity index (χ0n) is 20.5. The normalized spacial score (nSPS) is 17.1. The lowest BCUT2D eigenvalue weighted by atomic mass is 9.95. The molecule has 3 aromatic carbocycles. The molecular weight excluding hydrogens is 502 g/mol. The summed E-state index contributed by atoms with van der Waals surface area (Å²) in [6.45, 7) is 1.80. The fourth-order valence-electron chi connectivity index (χ4n) is 4.51. The number of nitrogens with one attached hydrogen (secondary N) is 3. The smallest absolute Gasteiger partial charge is 0.302 e. The van der Waals surface area contributed by atoms with E-state index in [1.165, 1.54) is 0 Å². The summed E-state index contributed by atoms with van der Waals surface area (Å²) in [6.07, 6.45) is 1.84. The summed E-state index contributed by atoms with van der Waals surface area (Å²) in [5, 5.41) is 9.67. The molecule has 1 unspecified atom stereocenters. The topological polar surface area (TPSA) is 109 Å². The van der Waals surface area contributed by atoms with Crippen LogP contribution in [0.5, 0.6) is 0 Å². The average molecular weight is 526 g/mol. The standard InChI is InChI=1S/C29H24ClN5O3/c1-16-24(27(37)32-19-8-6-7-18(15-19)26(36)17-13-14-17)25(20-9-2-3-10-21(20)30)34-28(31-16)35-29-33-22-11-4-5-12-23(22)38-29/h2-12,15,17,25H,13-14H2,1H3,(H,32,37)(H2,31,33,34,35). The van der Waals surface area contributed by atoms with Crippen LogP contribution in [0.3, 0.4) is 0 Å². The predicted octanol–water partition coefficient (Wildman–Crippen LogP) is 6.10. The van der Waals surface area contributed by atoms with Crippen molar-refractivity contribution in [2.24, 2.45) is 10.9 Å². The first-order chi connectivity index (χ1) is 18.5. The maximum atomic E-state index is 13.6. The number of carbonyl (C=O) groups excluding carboxylic acids is 2. The Morgan fingerprint density at radius 1 is 1.03 bits per heavy atom. The molecule has 9 heteroatoms. The molecule has 1 atom stereocenters. The van der Waals surface area contributed by atoms with Crippen molar-refractivity contribution in [2.75, 3.05) is 10.6 Å². The second-order valence-electron chi connectivity index (χ2n) is 9.35. The van der Waals surface area contributed by atoms with Crippen molar-refractivity contribution in [1.82, 2.24) is 10.3 Å². The summed E-state index contributed by atoms with van der Waals surface area (Å²) >= 11 is 6.56. The van der Waals surface area contributed by atoms with Crippen LogP contribution in [0.15, 0.2) is 93.5 Å². The molecule has 1 fully saturated rings. The minimum absolute atomic E-state index is 0.0968. The number of aromatic nitrogens is 1. The molecular formula is C29H24ClN5O3. The molecule has 2 aliphatic rings. The zero-order chi connectivity index (χ0) is 26.2. The van der Waals surface area contributed by atoms with E-state index >= 15 is 0 Å². The summed E-state index contributed by atoms with van der Waals surface area (Å²) in [7, 11) is 0. The Balaban J connectivity index is 1.30. The van der Waals surface area contributed by atoms with Crippen LogP contribution in [-0.2, 0) is 4.79 Å². The van der Waals surface area contributed by atoms with E-state index < -0.39 is 6.04 Å². The number of hydrogen-bond donors (Lipinski definition) is 3. The minimum Gasteiger partial charge on any atom is -0.423 e. The molecule has 3 N–H and O–H groups in total. The molecule has 190 valence electrons. The van der Waals surface area contributed by atoms with Gasteiger partial charge in [-0.05, 0) is 50.1 Å². The van der Waals surface area contributed by atoms with Gasteiger partial charge in [0, 0.05) is 33.5 Å². The highest BCUT2D eigenvalue weighted by Crippen LogP contribution is 2.36. The molecule has 1 aliphatic heterocycles. The fourth-order valence-corrected chi connectivity index (χ4v) is 4.75. The van der Waals surface area contributed by atoms with Crippen molar-refractivity contribution in [3.8, 4) is 0 Å². The van der Waals surface area contributed by atoms with Crippen molar-refractivity contribution >= 4 is 52.1 Å². The van der Waals surface area contributed by atoms with Crippen LogP contribution in [0, 0.1) is 5.92 Å². The number of allylic oxidation sites excluding steroid dienone is 1. The van der Waals surface area contributed by atoms with Crippen LogP contribution in [0.25, 0.3) is 11.1 Å². The Kier molecular flexibility index (Phi) is 6.17. The first-order valence-electron chi connectivity index (χ1n) is 12.3. The minimum atomic E-state index is -0.701. The first kappa shape index (κ1) is 23.9. The van der Waals surface area contributed by atoms with Crippen LogP contribution in [0.2, 0.25) is 5.02 Å². The quantitative estimate of drug-likeness (QED) is 0.262. The molecule has 38 heavy (non-hydrogen) atoms. The third kappa shape index (κ3) is 4.78. The Hall–Kier alpha value is -4.43. The number of ketones is 1. The number of nitrogens with zero attached hydrogens (tertiary/aromatic N) is 2. The third-order valence-corrected chi connectivity index (χ3v) is 6.90. The number of aliphatic imine (C=N–C) groups is 1. The summed E-state index contributed by atoms with van der Waals surface area (Å²) in [5.41, 5.74) is 4.16. The van der Waals surface area contributed by atoms with E-state index in [2.05, 4.69) is 20.9 Å². The van der Waals surface area contributed by atoms with Gasteiger partial charge in [-0.1, -0.05) is 54.1 Å². The monoisotopic (exact) mass is 525 g/mol. The Morgan fingerprint density at radius 3 is 2.61 bits per heavy atom. The van der Waals surface area contributed by atoms with Gasteiger partial charge in [0.1, 0.15) is 11.6 Å². The molecule has 1 saturated carbocycles.